The summed E-state index contributed by atoms with van der Waals surface area (Å²) < 4.78 is 33.0. The maximum Gasteiger partial charge on any atom is 0.261 e. The third-order valence-electron chi connectivity index (χ3n) is 4.55. The summed E-state index contributed by atoms with van der Waals surface area (Å²) in [6.45, 7) is 2.17. The highest BCUT2D eigenvalue weighted by Gasteiger charge is 2.31. The van der Waals surface area contributed by atoms with E-state index in [9.17, 15) is 13.5 Å². The molecule has 3 rings (SSSR count). The monoisotopic (exact) mass is 390 g/mol. The first-order valence-corrected chi connectivity index (χ1v) is 10.5. The Balaban J connectivity index is 1.65. The lowest BCUT2D eigenvalue weighted by molar-refractivity contribution is -0.0982. The maximum absolute atomic E-state index is 12.5. The zero-order valence-corrected chi connectivity index (χ0v) is 16.3. The predicted octanol–water partition coefficient (Wildman–Crippen LogP) is 2.46. The minimum Gasteiger partial charge on any atom is -0.386 e. The van der Waals surface area contributed by atoms with E-state index >= 15 is 0 Å². The fraction of sp³-hybridized carbons (Fsp3) is 0.400. The van der Waals surface area contributed by atoms with Crippen molar-refractivity contribution in [3.05, 3.63) is 60.2 Å². The van der Waals surface area contributed by atoms with Gasteiger partial charge in [0, 0.05) is 25.4 Å². The van der Waals surface area contributed by atoms with E-state index < -0.39 is 15.6 Å². The van der Waals surface area contributed by atoms with Crippen LogP contribution in [0.25, 0.3) is 0 Å². The largest absolute Gasteiger partial charge is 0.386 e. The molecular formula is C20H26N2O4S. The van der Waals surface area contributed by atoms with E-state index in [4.69, 9.17) is 4.74 Å². The van der Waals surface area contributed by atoms with Crippen molar-refractivity contribution >= 4 is 15.7 Å². The van der Waals surface area contributed by atoms with E-state index in [1.807, 2.05) is 30.1 Å². The lowest BCUT2D eigenvalue weighted by Crippen LogP contribution is -2.47. The molecule has 0 amide bonds. The van der Waals surface area contributed by atoms with Gasteiger partial charge in [-0.1, -0.05) is 30.3 Å². The van der Waals surface area contributed by atoms with Crippen LogP contribution in [0.4, 0.5) is 5.69 Å². The first-order chi connectivity index (χ1) is 12.9. The Labute approximate surface area is 160 Å². The van der Waals surface area contributed by atoms with Gasteiger partial charge in [-0.05, 0) is 49.7 Å². The minimum absolute atomic E-state index is 0.229. The van der Waals surface area contributed by atoms with Crippen LogP contribution in [0.1, 0.15) is 18.4 Å². The number of benzene rings is 2. The third kappa shape index (κ3) is 5.52. The molecule has 0 radical (unpaired) electrons. The van der Waals surface area contributed by atoms with Crippen molar-refractivity contribution in [2.24, 2.45) is 0 Å². The number of hydrogen-bond donors (Lipinski definition) is 2. The molecule has 2 aromatic rings. The zero-order valence-electron chi connectivity index (χ0n) is 15.5. The molecule has 1 aliphatic rings. The Kier molecular flexibility index (Phi) is 6.16. The highest BCUT2D eigenvalue weighted by Crippen LogP contribution is 2.22. The van der Waals surface area contributed by atoms with Gasteiger partial charge in [-0.15, -0.1) is 0 Å². The fourth-order valence-corrected chi connectivity index (χ4v) is 4.45. The Hall–Kier alpha value is -1.93. The van der Waals surface area contributed by atoms with Crippen molar-refractivity contribution < 1.29 is 18.3 Å². The summed E-state index contributed by atoms with van der Waals surface area (Å²) in [5, 5.41) is 10.6. The number of likely N-dealkylation sites (N-methyl/N-ethyl adjacent to an activating group) is 1. The number of hydrogen-bond acceptors (Lipinski definition) is 5. The molecule has 2 aromatic carbocycles. The molecule has 2 N–H and O–H groups in total. The van der Waals surface area contributed by atoms with Gasteiger partial charge in [0.2, 0.25) is 0 Å². The van der Waals surface area contributed by atoms with Crippen LogP contribution in [0.5, 0.6) is 0 Å². The predicted molar refractivity (Wildman–Crippen MR) is 105 cm³/mol. The van der Waals surface area contributed by atoms with Gasteiger partial charge in [0.15, 0.2) is 0 Å². The molecule has 27 heavy (non-hydrogen) atoms. The van der Waals surface area contributed by atoms with Crippen LogP contribution in [-0.2, 0) is 21.3 Å². The molecule has 6 nitrogen and oxygen atoms in total. The molecule has 146 valence electrons. The van der Waals surface area contributed by atoms with Crippen molar-refractivity contribution in [1.29, 1.82) is 0 Å². The summed E-state index contributed by atoms with van der Waals surface area (Å²) >= 11 is 0. The second kappa shape index (κ2) is 8.39. The van der Waals surface area contributed by atoms with Gasteiger partial charge in [-0.25, -0.2) is 8.42 Å². The Morgan fingerprint density at radius 1 is 1.19 bits per heavy atom. The average Bonchev–Trinajstić information content (AvgIpc) is 2.62. The summed E-state index contributed by atoms with van der Waals surface area (Å²) in [6.07, 6.45) is 1.59. The number of nitrogens with zero attached hydrogens (tertiary/aromatic N) is 1. The molecule has 0 aliphatic carbocycles. The van der Waals surface area contributed by atoms with E-state index in [-0.39, 0.29) is 4.90 Å². The lowest BCUT2D eigenvalue weighted by Gasteiger charge is -2.35. The summed E-state index contributed by atoms with van der Waals surface area (Å²) in [4.78, 5) is 2.26. The van der Waals surface area contributed by atoms with Gasteiger partial charge in [0.1, 0.15) is 5.60 Å². The quantitative estimate of drug-likeness (QED) is 0.759. The van der Waals surface area contributed by atoms with E-state index in [1.165, 1.54) is 0 Å². The molecule has 1 fully saturated rings. The summed E-state index contributed by atoms with van der Waals surface area (Å²) in [7, 11) is -1.67. The minimum atomic E-state index is -3.61. The maximum atomic E-state index is 12.5. The smallest absolute Gasteiger partial charge is 0.261 e. The van der Waals surface area contributed by atoms with Crippen molar-refractivity contribution in [3.8, 4) is 0 Å². The second-order valence-electron chi connectivity index (χ2n) is 7.17. The zero-order chi connectivity index (χ0) is 19.3. The van der Waals surface area contributed by atoms with Crippen LogP contribution in [-0.4, -0.2) is 50.8 Å². The normalized spacial score (nSPS) is 20.6. The number of ether oxygens (including phenoxy) is 1. The highest BCUT2D eigenvalue weighted by atomic mass is 32.2. The Bertz CT molecular complexity index is 849. The van der Waals surface area contributed by atoms with E-state index in [1.54, 1.807) is 36.4 Å². The number of sulfonamides is 1. The van der Waals surface area contributed by atoms with Crippen LogP contribution in [0.2, 0.25) is 0 Å². The van der Waals surface area contributed by atoms with Gasteiger partial charge in [0.05, 0.1) is 11.5 Å². The Morgan fingerprint density at radius 2 is 1.96 bits per heavy atom. The molecule has 1 saturated heterocycles. The average molecular weight is 391 g/mol. The Morgan fingerprint density at radius 3 is 2.67 bits per heavy atom. The topological polar surface area (TPSA) is 78.9 Å². The summed E-state index contributed by atoms with van der Waals surface area (Å²) in [6, 6.07) is 15.6. The second-order valence-corrected chi connectivity index (χ2v) is 8.85. The summed E-state index contributed by atoms with van der Waals surface area (Å²) in [5.41, 5.74) is 0.662. The molecular weight excluding hydrogens is 364 g/mol. The number of rotatable bonds is 7. The first-order valence-electron chi connectivity index (χ1n) is 9.02. The number of nitrogens with one attached hydrogen (secondary N) is 1. The van der Waals surface area contributed by atoms with Crippen molar-refractivity contribution in [2.75, 3.05) is 31.5 Å². The molecule has 7 heteroatoms. The fourth-order valence-electron chi connectivity index (χ4n) is 3.38. The van der Waals surface area contributed by atoms with Crippen LogP contribution < -0.4 is 4.72 Å². The molecule has 0 saturated carbocycles. The lowest BCUT2D eigenvalue weighted by atomic mass is 9.96. The van der Waals surface area contributed by atoms with Crippen LogP contribution in [0.3, 0.4) is 0 Å². The van der Waals surface area contributed by atoms with Crippen LogP contribution in [0.15, 0.2) is 59.5 Å². The molecule has 1 aliphatic heterocycles. The standard InChI is InChI=1S/C20H26N2O4S/c1-22(15-20(23)11-6-12-26-16-20)14-17-7-5-8-18(13-17)21-27(24,25)19-9-3-2-4-10-19/h2-5,7-10,13,21,23H,6,11-12,14-16H2,1H3/t20-/m1/s1. The van der Waals surface area contributed by atoms with Crippen molar-refractivity contribution in [2.45, 2.75) is 29.9 Å². The van der Waals surface area contributed by atoms with Gasteiger partial charge < -0.3 is 9.84 Å². The molecule has 0 unspecified atom stereocenters. The van der Waals surface area contributed by atoms with Crippen LogP contribution in [0, 0.1) is 0 Å². The van der Waals surface area contributed by atoms with Crippen LogP contribution >= 0.6 is 0 Å². The first kappa shape index (κ1) is 19.8. The molecule has 0 bridgehead atoms. The molecule has 0 aromatic heterocycles. The van der Waals surface area contributed by atoms with E-state index in [0.29, 0.717) is 32.0 Å². The van der Waals surface area contributed by atoms with Gasteiger partial charge in [-0.3, -0.25) is 9.62 Å². The summed E-state index contributed by atoms with van der Waals surface area (Å²) in [5.74, 6) is 0. The molecule has 1 atom stereocenters. The third-order valence-corrected chi connectivity index (χ3v) is 5.95. The number of aliphatic hydroxyl groups is 1. The van der Waals surface area contributed by atoms with Crippen molar-refractivity contribution in [3.63, 3.8) is 0 Å². The van der Waals surface area contributed by atoms with Crippen molar-refractivity contribution in [1.82, 2.24) is 4.90 Å². The van der Waals surface area contributed by atoms with Gasteiger partial charge >= 0.3 is 0 Å². The molecule has 0 spiro atoms. The SMILES string of the molecule is CN(Cc1cccc(NS(=O)(=O)c2ccccc2)c1)C[C@]1(O)CCCOC1. The highest BCUT2D eigenvalue weighted by molar-refractivity contribution is 7.92. The molecule has 1 heterocycles. The van der Waals surface area contributed by atoms with Gasteiger partial charge in [-0.2, -0.15) is 0 Å². The van der Waals surface area contributed by atoms with E-state index in [0.717, 1.165) is 18.4 Å². The van der Waals surface area contributed by atoms with E-state index in [2.05, 4.69) is 4.72 Å². The van der Waals surface area contributed by atoms with Gasteiger partial charge in [0.25, 0.3) is 10.0 Å². The number of anilines is 1.